The van der Waals surface area contributed by atoms with Crippen LogP contribution in [0.1, 0.15) is 22.8 Å². The van der Waals surface area contributed by atoms with Gasteiger partial charge in [-0.05, 0) is 67.1 Å². The number of nitro benzene ring substituents is 1. The van der Waals surface area contributed by atoms with Gasteiger partial charge in [0, 0.05) is 17.2 Å². The van der Waals surface area contributed by atoms with Gasteiger partial charge in [-0.1, -0.05) is 17.7 Å². The lowest BCUT2D eigenvalue weighted by Crippen LogP contribution is -2.33. The predicted molar refractivity (Wildman–Crippen MR) is 122 cm³/mol. The van der Waals surface area contributed by atoms with Crippen LogP contribution in [0.4, 0.5) is 5.69 Å². The Morgan fingerprint density at radius 1 is 1.06 bits per heavy atom. The Hall–Kier alpha value is -4.24. The molecule has 0 aliphatic heterocycles. The summed E-state index contributed by atoms with van der Waals surface area (Å²) < 4.78 is 10.7. The number of nitrogens with zero attached hydrogens (tertiary/aromatic N) is 2. The van der Waals surface area contributed by atoms with E-state index in [1.807, 2.05) is 0 Å². The van der Waals surface area contributed by atoms with E-state index in [4.69, 9.17) is 21.1 Å². The molecule has 1 unspecified atom stereocenters. The molecule has 3 aromatic rings. The molecule has 0 fully saturated rings. The molecule has 0 heterocycles. The monoisotopic (exact) mass is 467 g/mol. The largest absolute Gasteiger partial charge is 0.481 e. The highest BCUT2D eigenvalue weighted by Crippen LogP contribution is 2.19. The van der Waals surface area contributed by atoms with E-state index in [0.717, 1.165) is 0 Å². The third-order valence-corrected chi connectivity index (χ3v) is 4.50. The summed E-state index contributed by atoms with van der Waals surface area (Å²) in [4.78, 5) is 34.4. The summed E-state index contributed by atoms with van der Waals surface area (Å²) in [5.41, 5.74) is 3.27. The van der Waals surface area contributed by atoms with Crippen LogP contribution in [-0.2, 0) is 4.79 Å². The van der Waals surface area contributed by atoms with Gasteiger partial charge in [0.25, 0.3) is 11.6 Å². The topological polar surface area (TPSA) is 120 Å². The first-order valence-electron chi connectivity index (χ1n) is 9.63. The van der Waals surface area contributed by atoms with Crippen LogP contribution in [0.5, 0.6) is 11.5 Å². The summed E-state index contributed by atoms with van der Waals surface area (Å²) >= 11 is 5.88. The van der Waals surface area contributed by atoms with Crippen molar-refractivity contribution in [1.29, 1.82) is 0 Å². The fourth-order valence-electron chi connectivity index (χ4n) is 2.57. The zero-order valence-corrected chi connectivity index (χ0v) is 18.1. The number of halogens is 1. The number of ether oxygens (including phenoxy) is 2. The minimum absolute atomic E-state index is 0.0747. The van der Waals surface area contributed by atoms with Gasteiger partial charge in [-0.25, -0.2) is 10.2 Å². The van der Waals surface area contributed by atoms with Gasteiger partial charge in [-0.15, -0.1) is 0 Å². The summed E-state index contributed by atoms with van der Waals surface area (Å²) in [6.45, 7) is 1.52. The predicted octanol–water partition coefficient (Wildman–Crippen LogP) is 4.39. The van der Waals surface area contributed by atoms with Crippen LogP contribution in [0.25, 0.3) is 0 Å². The van der Waals surface area contributed by atoms with E-state index in [0.29, 0.717) is 27.6 Å². The lowest BCUT2D eigenvalue weighted by molar-refractivity contribution is -0.384. The van der Waals surface area contributed by atoms with Gasteiger partial charge in [-0.2, -0.15) is 5.10 Å². The number of carbonyl (C=O) groups is 2. The molecule has 9 nitrogen and oxygen atoms in total. The van der Waals surface area contributed by atoms with Crippen LogP contribution >= 0.6 is 11.6 Å². The van der Waals surface area contributed by atoms with Gasteiger partial charge >= 0.3 is 5.97 Å². The lowest BCUT2D eigenvalue weighted by Gasteiger charge is -2.12. The van der Waals surface area contributed by atoms with Crippen molar-refractivity contribution in [2.45, 2.75) is 13.0 Å². The average Bonchev–Trinajstić information content (AvgIpc) is 2.80. The highest BCUT2D eigenvalue weighted by molar-refractivity contribution is 6.30. The molecular weight excluding hydrogens is 450 g/mol. The van der Waals surface area contributed by atoms with Crippen molar-refractivity contribution in [3.05, 3.63) is 99.1 Å². The third kappa shape index (κ3) is 6.88. The summed E-state index contributed by atoms with van der Waals surface area (Å²) in [5.74, 6) is -0.383. The second-order valence-electron chi connectivity index (χ2n) is 6.71. The maximum Gasteiger partial charge on any atom is 0.343 e. The van der Waals surface area contributed by atoms with Crippen LogP contribution in [0.15, 0.2) is 77.9 Å². The normalized spacial score (nSPS) is 11.6. The molecule has 1 atom stereocenters. The van der Waals surface area contributed by atoms with Crippen molar-refractivity contribution < 1.29 is 24.0 Å². The van der Waals surface area contributed by atoms with Crippen LogP contribution in [0, 0.1) is 10.1 Å². The van der Waals surface area contributed by atoms with Crippen LogP contribution in [0.3, 0.4) is 0 Å². The standard InChI is InChI=1S/C23H18ClN3O6/c1-15(32-20-11-7-19(8-12-20)27(30)31)22(28)26-25-14-16-5-9-21(10-6-16)33-23(29)17-3-2-4-18(24)13-17/h2-15H,1H3,(H,26,28)/b25-14+. The fraction of sp³-hybridized carbons (Fsp3) is 0.0870. The van der Waals surface area contributed by atoms with Gasteiger partial charge in [-0.3, -0.25) is 14.9 Å². The Morgan fingerprint density at radius 2 is 1.73 bits per heavy atom. The highest BCUT2D eigenvalue weighted by atomic mass is 35.5. The number of hydrogen-bond donors (Lipinski definition) is 1. The van der Waals surface area contributed by atoms with E-state index in [1.54, 1.807) is 42.5 Å². The van der Waals surface area contributed by atoms with Crippen molar-refractivity contribution in [2.24, 2.45) is 5.10 Å². The van der Waals surface area contributed by atoms with Gasteiger partial charge in [0.1, 0.15) is 11.5 Å². The molecule has 1 N–H and O–H groups in total. The van der Waals surface area contributed by atoms with E-state index < -0.39 is 22.9 Å². The molecule has 3 rings (SSSR count). The van der Waals surface area contributed by atoms with Crippen molar-refractivity contribution >= 4 is 35.4 Å². The van der Waals surface area contributed by atoms with Crippen molar-refractivity contribution in [3.8, 4) is 11.5 Å². The smallest absolute Gasteiger partial charge is 0.343 e. The number of rotatable bonds is 8. The zero-order valence-electron chi connectivity index (χ0n) is 17.3. The van der Waals surface area contributed by atoms with E-state index >= 15 is 0 Å². The summed E-state index contributed by atoms with van der Waals surface area (Å²) in [6, 6.07) is 18.3. The van der Waals surface area contributed by atoms with Crippen LogP contribution < -0.4 is 14.9 Å². The Bertz CT molecular complexity index is 1180. The number of benzene rings is 3. The van der Waals surface area contributed by atoms with Crippen molar-refractivity contribution in [3.63, 3.8) is 0 Å². The molecule has 0 saturated heterocycles. The molecule has 0 aromatic heterocycles. The number of nitro groups is 1. The third-order valence-electron chi connectivity index (χ3n) is 4.27. The molecule has 1 amide bonds. The second-order valence-corrected chi connectivity index (χ2v) is 7.15. The minimum atomic E-state index is -0.878. The van der Waals surface area contributed by atoms with Crippen molar-refractivity contribution in [1.82, 2.24) is 5.43 Å². The van der Waals surface area contributed by atoms with E-state index in [9.17, 15) is 19.7 Å². The highest BCUT2D eigenvalue weighted by Gasteiger charge is 2.15. The lowest BCUT2D eigenvalue weighted by atomic mass is 10.2. The van der Waals surface area contributed by atoms with Gasteiger partial charge in [0.2, 0.25) is 0 Å². The number of amides is 1. The Kier molecular flexibility index (Phi) is 7.72. The quantitative estimate of drug-likeness (QED) is 0.172. The molecule has 0 radical (unpaired) electrons. The molecule has 3 aromatic carbocycles. The number of hydrazone groups is 1. The Labute approximate surface area is 193 Å². The zero-order chi connectivity index (χ0) is 23.8. The molecule has 0 aliphatic rings. The molecule has 0 spiro atoms. The van der Waals surface area contributed by atoms with Gasteiger partial charge in [0.05, 0.1) is 16.7 Å². The van der Waals surface area contributed by atoms with Crippen LogP contribution in [-0.4, -0.2) is 29.1 Å². The fourth-order valence-corrected chi connectivity index (χ4v) is 2.76. The van der Waals surface area contributed by atoms with E-state index in [2.05, 4.69) is 10.5 Å². The Morgan fingerprint density at radius 3 is 2.36 bits per heavy atom. The average molecular weight is 468 g/mol. The summed E-state index contributed by atoms with van der Waals surface area (Å²) in [7, 11) is 0. The Balaban J connectivity index is 1.49. The molecule has 0 bridgehead atoms. The number of hydrogen-bond acceptors (Lipinski definition) is 7. The molecule has 0 aliphatic carbocycles. The SMILES string of the molecule is CC(Oc1ccc([N+](=O)[O-])cc1)C(=O)N/N=C/c1ccc(OC(=O)c2cccc(Cl)c2)cc1. The molecule has 0 saturated carbocycles. The maximum absolute atomic E-state index is 12.1. The van der Waals surface area contributed by atoms with Gasteiger partial charge < -0.3 is 9.47 Å². The summed E-state index contributed by atoms with van der Waals surface area (Å²) in [6.07, 6.45) is 0.538. The minimum Gasteiger partial charge on any atom is -0.481 e. The second kappa shape index (κ2) is 10.9. The summed E-state index contributed by atoms with van der Waals surface area (Å²) in [5, 5.41) is 15.0. The first kappa shape index (κ1) is 23.4. The molecule has 33 heavy (non-hydrogen) atoms. The molecule has 10 heteroatoms. The molecular formula is C23H18ClN3O6. The first-order valence-corrected chi connectivity index (χ1v) is 10.0. The maximum atomic E-state index is 12.1. The first-order chi connectivity index (χ1) is 15.8. The van der Waals surface area contributed by atoms with Crippen molar-refractivity contribution in [2.75, 3.05) is 0 Å². The molecule has 168 valence electrons. The van der Waals surface area contributed by atoms with Gasteiger partial charge in [0.15, 0.2) is 6.10 Å². The van der Waals surface area contributed by atoms with E-state index in [1.165, 1.54) is 43.5 Å². The van der Waals surface area contributed by atoms with Crippen LogP contribution in [0.2, 0.25) is 5.02 Å². The number of nitrogens with one attached hydrogen (secondary N) is 1. The van der Waals surface area contributed by atoms with E-state index in [-0.39, 0.29) is 5.69 Å². The number of carbonyl (C=O) groups excluding carboxylic acids is 2. The number of non-ortho nitro benzene ring substituents is 1. The number of esters is 1.